The van der Waals surface area contributed by atoms with Crippen LogP contribution < -0.4 is 52.0 Å². The number of hydrogen-bond acceptors (Lipinski definition) is 21. The predicted octanol–water partition coefficient (Wildman–Crippen LogP) is 3.23. The van der Waals surface area contributed by atoms with Gasteiger partial charge >= 0.3 is 24.1 Å². The number of amides is 9. The summed E-state index contributed by atoms with van der Waals surface area (Å²) in [5, 5.41) is 29.1. The molecule has 32 heteroatoms. The van der Waals surface area contributed by atoms with Crippen molar-refractivity contribution < 1.29 is 95.8 Å². The van der Waals surface area contributed by atoms with Gasteiger partial charge in [0.15, 0.2) is 10.8 Å². The lowest BCUT2D eigenvalue weighted by atomic mass is 9.83. The van der Waals surface area contributed by atoms with Crippen LogP contribution in [0.15, 0.2) is 54.1 Å². The fraction of sp³-hybridized carbons (Fsp3) is 0.571. The smallest absolute Gasteiger partial charge is 0.409 e. The topological polar surface area (TPSA) is 385 Å². The number of urea groups is 1. The molecule has 9 N–H and O–H groups in total. The Labute approximate surface area is 561 Å². The monoisotopic (exact) mass is 1370 g/mol. The number of nitrogens with two attached hydrogens (primary N) is 1. The van der Waals surface area contributed by atoms with Gasteiger partial charge in [0.05, 0.1) is 76.5 Å². The summed E-state index contributed by atoms with van der Waals surface area (Å²) < 4.78 is 46.1. The molecule has 4 aliphatic heterocycles. The third-order valence-corrected chi connectivity index (χ3v) is 17.2. The van der Waals surface area contributed by atoms with Gasteiger partial charge in [0, 0.05) is 65.5 Å². The van der Waals surface area contributed by atoms with Crippen molar-refractivity contribution in [2.75, 3.05) is 85.2 Å². The van der Waals surface area contributed by atoms with Gasteiger partial charge in [-0.05, 0) is 88.0 Å². The maximum absolute atomic E-state index is 14.8. The van der Waals surface area contributed by atoms with Gasteiger partial charge in [0.2, 0.25) is 17.7 Å². The summed E-state index contributed by atoms with van der Waals surface area (Å²) in [5.74, 6) is -6.29. The number of nitrogens with zero attached hydrogens (tertiary/aromatic N) is 3. The van der Waals surface area contributed by atoms with Crippen LogP contribution in [0.25, 0.3) is 0 Å². The number of hydroxylamine groups is 2. The lowest BCUT2D eigenvalue weighted by Gasteiger charge is -2.42. The van der Waals surface area contributed by atoms with E-state index in [0.29, 0.717) is 11.5 Å². The van der Waals surface area contributed by atoms with E-state index < -0.39 is 132 Å². The number of likely N-dealkylation sites (N-methyl/N-ethyl adjacent to an activating group) is 1. The first-order chi connectivity index (χ1) is 44.9. The van der Waals surface area contributed by atoms with Crippen molar-refractivity contribution in [1.82, 2.24) is 36.5 Å². The molecule has 95 heavy (non-hydrogen) atoms. The maximum atomic E-state index is 14.8. The first-order valence-corrected chi connectivity index (χ1v) is 31.7. The Bertz CT molecular complexity index is 3230. The van der Waals surface area contributed by atoms with E-state index in [0.717, 1.165) is 16.0 Å². The number of esters is 1. The highest BCUT2D eigenvalue weighted by Crippen LogP contribution is 2.49. The van der Waals surface area contributed by atoms with Gasteiger partial charge in [-0.3, -0.25) is 34.1 Å². The highest BCUT2D eigenvalue weighted by atomic mass is 35.5. The number of benzene rings is 2. The van der Waals surface area contributed by atoms with E-state index in [9.17, 15) is 53.1 Å². The van der Waals surface area contributed by atoms with Gasteiger partial charge in [-0.1, -0.05) is 56.2 Å². The molecule has 4 bridgehead atoms. The maximum Gasteiger partial charge on any atom is 0.409 e. The number of nitrogens with one attached hydrogen (secondary N) is 6. The van der Waals surface area contributed by atoms with Gasteiger partial charge in [0.25, 0.3) is 17.7 Å². The van der Waals surface area contributed by atoms with E-state index >= 15 is 0 Å². The van der Waals surface area contributed by atoms with Gasteiger partial charge in [-0.2, -0.15) is 0 Å². The average molecular weight is 1370 g/mol. The zero-order valence-corrected chi connectivity index (χ0v) is 56.7. The van der Waals surface area contributed by atoms with E-state index in [-0.39, 0.29) is 117 Å². The van der Waals surface area contributed by atoms with Gasteiger partial charge in [0.1, 0.15) is 58.6 Å². The molecule has 2 aromatic rings. The summed E-state index contributed by atoms with van der Waals surface area (Å²) in [7, 11) is 7.04. The third-order valence-electron chi connectivity index (χ3n) is 16.6. The largest absolute Gasteiger partial charge is 0.497 e. The Kier molecular flexibility index (Phi) is 27.5. The Hall–Kier alpha value is -8.20. The Morgan fingerprint density at radius 1 is 0.926 bits per heavy atom. The summed E-state index contributed by atoms with van der Waals surface area (Å²) in [6.45, 7) is 10.7. The molecule has 6 rings (SSSR count). The number of epoxide rings is 1. The Balaban J connectivity index is 1.15. The molecular formula is C63H87ClN10O20S. The molecule has 0 saturated carbocycles. The number of primary amides is 1. The molecule has 3 fully saturated rings. The second-order valence-corrected chi connectivity index (χ2v) is 24.6. The molecule has 0 spiro atoms. The fourth-order valence-corrected chi connectivity index (χ4v) is 11.4. The first-order valence-electron chi connectivity index (χ1n) is 30.9. The average Bonchev–Trinajstić information content (AvgIpc) is 1.58. The molecule has 0 unspecified atom stereocenters. The quantitative estimate of drug-likeness (QED) is 0.0209. The summed E-state index contributed by atoms with van der Waals surface area (Å²) in [6, 6.07) is 3.18. The molecule has 2 aromatic carbocycles. The number of alkyl carbamates (subject to hydrolysis) is 1. The number of rotatable bonds is 27. The van der Waals surface area contributed by atoms with Gasteiger partial charge in [-0.15, -0.1) is 5.06 Å². The summed E-state index contributed by atoms with van der Waals surface area (Å²) in [5.41, 5.74) is 3.60. The van der Waals surface area contributed by atoms with Crippen molar-refractivity contribution in [3.63, 3.8) is 0 Å². The van der Waals surface area contributed by atoms with E-state index in [1.807, 2.05) is 13.0 Å². The van der Waals surface area contributed by atoms with Crippen molar-refractivity contribution in [2.45, 2.75) is 147 Å². The third kappa shape index (κ3) is 20.4. The van der Waals surface area contributed by atoms with Crippen molar-refractivity contribution in [3.05, 3.63) is 70.3 Å². The van der Waals surface area contributed by atoms with Crippen LogP contribution in [0, 0.1) is 11.8 Å². The molecule has 4 aliphatic rings. The Morgan fingerprint density at radius 3 is 2.27 bits per heavy atom. The summed E-state index contributed by atoms with van der Waals surface area (Å²) >= 11 is 12.4. The zero-order valence-electron chi connectivity index (χ0n) is 55.1. The normalized spacial score (nSPS) is 23.8. The minimum absolute atomic E-state index is 0.0206. The van der Waals surface area contributed by atoms with E-state index in [2.05, 4.69) is 31.9 Å². The van der Waals surface area contributed by atoms with Crippen molar-refractivity contribution in [1.29, 1.82) is 0 Å². The van der Waals surface area contributed by atoms with Crippen molar-refractivity contribution in [3.8, 4) is 11.5 Å². The lowest BCUT2D eigenvalue weighted by molar-refractivity contribution is -0.198. The van der Waals surface area contributed by atoms with Crippen LogP contribution in [0.1, 0.15) is 102 Å². The molecule has 522 valence electrons. The standard InChI is InChI=1S/C63H87ClN10O20S/c1-34(2)53(70-60(95)67-23-25-90-27-26-89-24-21-51(78)94-74-48(75)19-20-49(74)76)56(80)68-41(15-13-22-66-59(65)83)55(79)69-42-31-39(86-9)17-18-40(42)57(81)72(7)37(5)58(82)92-47-32-50(77)73(8)43-29-38(30-44(87-10)52(43)64)28-35(3)14-12-16-46(88-11)63(85)33-45(91-61(84)71-63)36(4)54-62(47,6)93-54/h12,14,16-18,29-31,34,36-37,41,45-47,53-54,85H,13,15,19-28,32-33H2,1-11H3,(H,68,80)(H,69,79)(H,71,84)(H3,65,66,83)(H2,67,70,95)/b16-12+,35-14+/t36-,37+,41+,45+,46-,47+,53+,54+,62+,63+/m1/s1. The van der Waals surface area contributed by atoms with Crippen LogP contribution in [0.4, 0.5) is 21.0 Å². The molecule has 30 nitrogen and oxygen atoms in total. The van der Waals surface area contributed by atoms with Crippen LogP contribution in [0.5, 0.6) is 11.5 Å². The van der Waals surface area contributed by atoms with Crippen molar-refractivity contribution in [2.24, 2.45) is 17.6 Å². The number of ether oxygens (including phenoxy) is 8. The SMILES string of the molecule is COc1ccc(C(=O)N(C)[C@@H](C)C(=O)O[C@H]2CC(=O)N(C)c3cc(cc(OC)c3Cl)C/C(C)=C/C=C/[C@@H](OC)[C@@]3(O)C[C@H](OC(=O)N3)[C@@H](C)[C@@H]3O[C@@]23C)c(NC(=O)[C@H](CCCNC(N)=O)NC(=O)[C@@H](NC(=S)NCCOCCOCCC(=O)ON2C(=O)CCC2=O)C(C)C)c1. The van der Waals surface area contributed by atoms with Gasteiger partial charge < -0.3 is 90.0 Å². The number of fused-ring (bicyclic) bond motifs is 5. The van der Waals surface area contributed by atoms with Crippen LogP contribution in [0.3, 0.4) is 0 Å². The molecular weight excluding hydrogens is 1280 g/mol. The number of anilines is 2. The zero-order chi connectivity index (χ0) is 70.1. The van der Waals surface area contributed by atoms with E-state index in [1.165, 1.54) is 65.4 Å². The van der Waals surface area contributed by atoms with Gasteiger partial charge in [-0.25, -0.2) is 19.2 Å². The second kappa shape index (κ2) is 34.5. The molecule has 4 heterocycles. The molecule has 0 aromatic heterocycles. The number of carbonyl (C=O) groups excluding carboxylic acids is 10. The minimum Gasteiger partial charge on any atom is -0.497 e. The van der Waals surface area contributed by atoms with E-state index in [1.54, 1.807) is 52.0 Å². The van der Waals surface area contributed by atoms with Crippen LogP contribution in [0.2, 0.25) is 5.02 Å². The molecule has 10 atom stereocenters. The molecule has 0 radical (unpaired) electrons. The summed E-state index contributed by atoms with van der Waals surface area (Å²) in [4.78, 5) is 140. The Morgan fingerprint density at radius 2 is 1.62 bits per heavy atom. The molecule has 9 amide bonds. The molecule has 0 aliphatic carbocycles. The number of imide groups is 1. The highest BCUT2D eigenvalue weighted by molar-refractivity contribution is 7.80. The number of aliphatic hydroxyl groups is 1. The number of allylic oxidation sites excluding steroid dienone is 3. The number of halogens is 1. The predicted molar refractivity (Wildman–Crippen MR) is 346 cm³/mol. The summed E-state index contributed by atoms with van der Waals surface area (Å²) in [6.07, 6.45) is -0.439. The first kappa shape index (κ1) is 75.8. The number of methoxy groups -OCH3 is 3. The number of hydrogen-bond donors (Lipinski definition) is 8. The van der Waals surface area contributed by atoms with Crippen LogP contribution in [-0.4, -0.2) is 208 Å². The second-order valence-electron chi connectivity index (χ2n) is 23.9. The number of thiocarbonyl (C=S) groups is 1. The lowest BCUT2D eigenvalue weighted by Crippen LogP contribution is -2.63. The number of carbonyl (C=O) groups is 10. The van der Waals surface area contributed by atoms with E-state index in [4.69, 9.17) is 72.3 Å². The van der Waals surface area contributed by atoms with Crippen LogP contribution in [-0.2, 0) is 73.2 Å². The minimum atomic E-state index is -1.95. The highest BCUT2D eigenvalue weighted by Gasteiger charge is 2.64. The van der Waals surface area contributed by atoms with Crippen molar-refractivity contribution >= 4 is 99.8 Å². The molecule has 3 saturated heterocycles. The fourth-order valence-electron chi connectivity index (χ4n) is 10.8. The van der Waals surface area contributed by atoms with Crippen LogP contribution >= 0.6 is 23.8 Å².